The van der Waals surface area contributed by atoms with Gasteiger partial charge in [0.1, 0.15) is 6.29 Å². The van der Waals surface area contributed by atoms with Crippen LogP contribution in [0.4, 0.5) is 4.79 Å². The van der Waals surface area contributed by atoms with Gasteiger partial charge in [-0.3, -0.25) is 0 Å². The number of aldehydes is 1. The normalized spacial score (nSPS) is 21.2. The van der Waals surface area contributed by atoms with Crippen molar-refractivity contribution in [3.05, 3.63) is 35.4 Å². The molecular formula is C16H19NO5. The molecule has 0 bridgehead atoms. The molecule has 118 valence electrons. The molecule has 0 saturated carbocycles. The fourth-order valence-corrected chi connectivity index (χ4v) is 2.89. The van der Waals surface area contributed by atoms with Crippen molar-refractivity contribution in [1.82, 2.24) is 4.90 Å². The van der Waals surface area contributed by atoms with Gasteiger partial charge in [-0.1, -0.05) is 12.1 Å². The third-order valence-electron chi connectivity index (χ3n) is 4.10. The number of carbonyl (C=O) groups is 3. The van der Waals surface area contributed by atoms with Crippen molar-refractivity contribution in [2.24, 2.45) is 5.92 Å². The molecule has 22 heavy (non-hydrogen) atoms. The smallest absolute Gasteiger partial charge is 0.407 e. The maximum Gasteiger partial charge on any atom is 0.407 e. The van der Waals surface area contributed by atoms with E-state index in [1.807, 2.05) is 0 Å². The molecule has 2 atom stereocenters. The van der Waals surface area contributed by atoms with Crippen molar-refractivity contribution < 1.29 is 24.2 Å². The topological polar surface area (TPSA) is 83.9 Å². The first-order valence-corrected chi connectivity index (χ1v) is 7.18. The van der Waals surface area contributed by atoms with Crippen molar-refractivity contribution in [2.45, 2.75) is 25.3 Å². The summed E-state index contributed by atoms with van der Waals surface area (Å²) < 4.78 is 4.65. The number of methoxy groups -OCH3 is 1. The molecule has 6 nitrogen and oxygen atoms in total. The molecule has 2 unspecified atom stereocenters. The number of rotatable bonds is 4. The first-order valence-electron chi connectivity index (χ1n) is 7.18. The van der Waals surface area contributed by atoms with E-state index in [1.54, 1.807) is 24.3 Å². The lowest BCUT2D eigenvalue weighted by Crippen LogP contribution is -2.40. The number of esters is 1. The quantitative estimate of drug-likeness (QED) is 0.682. The van der Waals surface area contributed by atoms with Gasteiger partial charge in [0.2, 0.25) is 0 Å². The Morgan fingerprint density at radius 2 is 2.05 bits per heavy atom. The number of hydrogen-bond donors (Lipinski definition) is 1. The second kappa shape index (κ2) is 7.06. The number of carbonyl (C=O) groups excluding carboxylic acids is 2. The van der Waals surface area contributed by atoms with E-state index in [-0.39, 0.29) is 12.0 Å². The van der Waals surface area contributed by atoms with Gasteiger partial charge < -0.3 is 19.5 Å². The highest BCUT2D eigenvalue weighted by atomic mass is 16.5. The number of amides is 1. The number of piperidine rings is 1. The highest BCUT2D eigenvalue weighted by Gasteiger charge is 2.32. The highest BCUT2D eigenvalue weighted by molar-refractivity contribution is 5.89. The van der Waals surface area contributed by atoms with Crippen molar-refractivity contribution in [3.63, 3.8) is 0 Å². The fraction of sp³-hybridized carbons (Fsp3) is 0.438. The molecule has 1 aliphatic rings. The molecular weight excluding hydrogens is 286 g/mol. The molecule has 0 radical (unpaired) electrons. The van der Waals surface area contributed by atoms with Gasteiger partial charge in [0.05, 0.1) is 18.7 Å². The van der Waals surface area contributed by atoms with Crippen molar-refractivity contribution >= 4 is 18.3 Å². The molecule has 1 heterocycles. The first-order chi connectivity index (χ1) is 10.6. The summed E-state index contributed by atoms with van der Waals surface area (Å²) in [5.41, 5.74) is 1.25. The van der Waals surface area contributed by atoms with Gasteiger partial charge in [-0.2, -0.15) is 0 Å². The van der Waals surface area contributed by atoms with Crippen molar-refractivity contribution in [2.75, 3.05) is 13.7 Å². The lowest BCUT2D eigenvalue weighted by Gasteiger charge is -2.37. The number of likely N-dealkylation sites (tertiary alicyclic amines) is 1. The van der Waals surface area contributed by atoms with E-state index in [9.17, 15) is 19.5 Å². The molecule has 0 spiro atoms. The average molecular weight is 305 g/mol. The van der Waals surface area contributed by atoms with Crippen molar-refractivity contribution in [1.29, 1.82) is 0 Å². The monoisotopic (exact) mass is 305 g/mol. The number of hydrogen-bond acceptors (Lipinski definition) is 4. The molecule has 0 aliphatic carbocycles. The molecule has 0 aromatic heterocycles. The number of nitrogens with zero attached hydrogens (tertiary/aromatic N) is 1. The highest BCUT2D eigenvalue weighted by Crippen LogP contribution is 2.35. The van der Waals surface area contributed by atoms with Crippen LogP contribution in [0, 0.1) is 5.92 Å². The van der Waals surface area contributed by atoms with E-state index in [1.165, 1.54) is 12.0 Å². The Labute approximate surface area is 128 Å². The second-order valence-corrected chi connectivity index (χ2v) is 5.40. The largest absolute Gasteiger partial charge is 0.465 e. The third-order valence-corrected chi connectivity index (χ3v) is 4.10. The average Bonchev–Trinajstić information content (AvgIpc) is 2.54. The van der Waals surface area contributed by atoms with Gasteiger partial charge in [-0.05, 0) is 36.5 Å². The van der Waals surface area contributed by atoms with Crippen molar-refractivity contribution in [3.8, 4) is 0 Å². The molecule has 1 N–H and O–H groups in total. The Hall–Kier alpha value is -2.37. The molecule has 1 aromatic rings. The summed E-state index contributed by atoms with van der Waals surface area (Å²) in [4.78, 5) is 35.0. The second-order valence-electron chi connectivity index (χ2n) is 5.40. The molecule has 1 aliphatic heterocycles. The lowest BCUT2D eigenvalue weighted by molar-refractivity contribution is -0.109. The molecule has 1 aromatic carbocycles. The predicted molar refractivity (Wildman–Crippen MR) is 78.7 cm³/mol. The van der Waals surface area contributed by atoms with Crippen LogP contribution in [0.1, 0.15) is 41.2 Å². The maximum absolute atomic E-state index is 11.4. The van der Waals surface area contributed by atoms with Crippen LogP contribution in [0.5, 0.6) is 0 Å². The van der Waals surface area contributed by atoms with Crippen LogP contribution >= 0.6 is 0 Å². The van der Waals surface area contributed by atoms with Gasteiger partial charge >= 0.3 is 12.1 Å². The van der Waals surface area contributed by atoms with Gasteiger partial charge in [-0.15, -0.1) is 0 Å². The zero-order valence-corrected chi connectivity index (χ0v) is 12.4. The minimum absolute atomic E-state index is 0.193. The minimum atomic E-state index is -0.966. The van der Waals surface area contributed by atoms with E-state index < -0.39 is 12.1 Å². The van der Waals surface area contributed by atoms with Crippen LogP contribution < -0.4 is 0 Å². The van der Waals surface area contributed by atoms with E-state index in [2.05, 4.69) is 4.74 Å². The van der Waals surface area contributed by atoms with E-state index in [0.29, 0.717) is 31.4 Å². The molecule has 2 rings (SSSR count). The zero-order valence-electron chi connectivity index (χ0n) is 12.4. The predicted octanol–water partition coefficient (Wildman–Crippen LogP) is 2.49. The molecule has 1 amide bonds. The van der Waals surface area contributed by atoms with Gasteiger partial charge in [0.15, 0.2) is 0 Å². The Balaban J connectivity index is 2.22. The first kappa shape index (κ1) is 16.0. The summed E-state index contributed by atoms with van der Waals surface area (Å²) in [6.45, 7) is 0.414. The Bertz CT molecular complexity index is 554. The lowest BCUT2D eigenvalue weighted by atomic mass is 9.85. The molecule has 1 fully saturated rings. The Morgan fingerprint density at radius 1 is 1.36 bits per heavy atom. The van der Waals surface area contributed by atoms with Crippen LogP contribution in [0.3, 0.4) is 0 Å². The van der Waals surface area contributed by atoms with E-state index >= 15 is 0 Å². The maximum atomic E-state index is 11.4. The Morgan fingerprint density at radius 3 is 2.59 bits per heavy atom. The molecule has 1 saturated heterocycles. The van der Waals surface area contributed by atoms with Crippen LogP contribution in [0.15, 0.2) is 24.3 Å². The summed E-state index contributed by atoms with van der Waals surface area (Å²) >= 11 is 0. The summed E-state index contributed by atoms with van der Waals surface area (Å²) in [7, 11) is 1.31. The summed E-state index contributed by atoms with van der Waals surface area (Å²) in [5, 5.41) is 9.35. The van der Waals surface area contributed by atoms with Crippen LogP contribution in [0.2, 0.25) is 0 Å². The fourth-order valence-electron chi connectivity index (χ4n) is 2.89. The number of benzene rings is 1. The van der Waals surface area contributed by atoms with Crippen LogP contribution in [-0.2, 0) is 9.53 Å². The number of ether oxygens (including phenoxy) is 1. The minimum Gasteiger partial charge on any atom is -0.465 e. The van der Waals surface area contributed by atoms with Gasteiger partial charge in [-0.25, -0.2) is 9.59 Å². The van der Waals surface area contributed by atoms with E-state index in [4.69, 9.17) is 0 Å². The van der Waals surface area contributed by atoms with Gasteiger partial charge in [0, 0.05) is 13.0 Å². The standard InChI is InChI=1S/C16H19NO5/c1-22-15(19)13-4-2-12(3-5-13)14-10-11(7-9-18)6-8-17(14)16(20)21/h2-5,9,11,14H,6-8,10H2,1H3,(H,20,21). The van der Waals surface area contributed by atoms with Crippen LogP contribution in [-0.4, -0.2) is 42.0 Å². The summed E-state index contributed by atoms with van der Waals surface area (Å²) in [5.74, 6) is -0.234. The summed E-state index contributed by atoms with van der Waals surface area (Å²) in [6, 6.07) is 6.46. The molecule has 6 heteroatoms. The van der Waals surface area contributed by atoms with Gasteiger partial charge in [0.25, 0.3) is 0 Å². The number of carboxylic acid groups (broad SMARTS) is 1. The third kappa shape index (κ3) is 3.44. The SMILES string of the molecule is COC(=O)c1ccc(C2CC(CC=O)CCN2C(=O)O)cc1. The zero-order chi connectivity index (χ0) is 16.1. The van der Waals surface area contributed by atoms with Crippen LogP contribution in [0.25, 0.3) is 0 Å². The summed E-state index contributed by atoms with van der Waals surface area (Å²) in [6.07, 6.45) is 1.68. The Kier molecular flexibility index (Phi) is 5.14. The van der Waals surface area contributed by atoms with E-state index in [0.717, 1.165) is 11.8 Å².